The van der Waals surface area contributed by atoms with Crippen molar-refractivity contribution in [2.24, 2.45) is 0 Å². The number of aromatic nitrogens is 3. The Morgan fingerprint density at radius 2 is 1.94 bits per heavy atom. The number of nitrogen functional groups attached to an aromatic ring is 1. The maximum atomic E-state index is 5.46. The Balaban J connectivity index is 2.61. The molecule has 1 atom stereocenters. The Kier molecular flexibility index (Phi) is 4.71. The number of nitrogens with zero attached hydrogens (tertiary/aromatic N) is 3. The van der Waals surface area contributed by atoms with Gasteiger partial charge in [-0.25, -0.2) is 0 Å². The first kappa shape index (κ1) is 12.4. The van der Waals surface area contributed by atoms with E-state index in [0.717, 1.165) is 0 Å². The Bertz CT molecular complexity index is 335. The Hall–Kier alpha value is -1.63. The maximum absolute atomic E-state index is 5.46. The third-order valence-corrected chi connectivity index (χ3v) is 1.66. The van der Waals surface area contributed by atoms with Crippen LogP contribution in [0.4, 0.5) is 5.95 Å². The van der Waals surface area contributed by atoms with E-state index in [1.54, 1.807) is 0 Å². The van der Waals surface area contributed by atoms with Crippen LogP contribution in [0.3, 0.4) is 0 Å². The summed E-state index contributed by atoms with van der Waals surface area (Å²) >= 11 is 0. The summed E-state index contributed by atoms with van der Waals surface area (Å²) in [6, 6.07) is 0.266. The number of hydrogen-bond donors (Lipinski definition) is 1. The van der Waals surface area contributed by atoms with Gasteiger partial charge in [0, 0.05) is 6.61 Å². The van der Waals surface area contributed by atoms with E-state index in [-0.39, 0.29) is 24.1 Å². The van der Waals surface area contributed by atoms with E-state index in [1.165, 1.54) is 7.11 Å². The van der Waals surface area contributed by atoms with Crippen LogP contribution in [0.1, 0.15) is 13.8 Å². The molecule has 0 spiro atoms. The highest BCUT2D eigenvalue weighted by atomic mass is 16.5. The molecule has 1 rings (SSSR count). The second-order valence-electron chi connectivity index (χ2n) is 3.05. The molecule has 0 saturated carbocycles. The van der Waals surface area contributed by atoms with Gasteiger partial charge in [0.25, 0.3) is 0 Å². The molecule has 7 heteroatoms. The van der Waals surface area contributed by atoms with Gasteiger partial charge in [-0.05, 0) is 13.8 Å². The average Bonchev–Trinajstić information content (AvgIpc) is 2.25. The Labute approximate surface area is 94.0 Å². The Morgan fingerprint density at radius 3 is 2.56 bits per heavy atom. The van der Waals surface area contributed by atoms with Crippen molar-refractivity contribution >= 4 is 5.95 Å². The van der Waals surface area contributed by atoms with Crippen LogP contribution in [-0.4, -0.2) is 41.4 Å². The molecule has 0 radical (unpaired) electrons. The molecule has 16 heavy (non-hydrogen) atoms. The fourth-order valence-corrected chi connectivity index (χ4v) is 0.995. The molecular weight excluding hydrogens is 212 g/mol. The van der Waals surface area contributed by atoms with Gasteiger partial charge in [0.2, 0.25) is 5.95 Å². The van der Waals surface area contributed by atoms with Crippen LogP contribution in [0.15, 0.2) is 0 Å². The molecular formula is C9H16N4O3. The summed E-state index contributed by atoms with van der Waals surface area (Å²) in [6.45, 7) is 4.86. The maximum Gasteiger partial charge on any atom is 0.324 e. The van der Waals surface area contributed by atoms with Gasteiger partial charge >= 0.3 is 12.0 Å². The highest BCUT2D eigenvalue weighted by Crippen LogP contribution is 2.11. The number of ether oxygens (including phenoxy) is 3. The summed E-state index contributed by atoms with van der Waals surface area (Å²) in [4.78, 5) is 11.5. The van der Waals surface area contributed by atoms with Crippen molar-refractivity contribution in [1.82, 2.24) is 15.0 Å². The summed E-state index contributed by atoms with van der Waals surface area (Å²) in [6.07, 6.45) is -0.161. The first-order valence-corrected chi connectivity index (χ1v) is 4.95. The predicted octanol–water partition coefficient (Wildman–Crippen LogP) is 0.266. The monoisotopic (exact) mass is 228 g/mol. The number of nitrogens with two attached hydrogens (primary N) is 1. The number of hydrogen-bond acceptors (Lipinski definition) is 7. The summed E-state index contributed by atoms with van der Waals surface area (Å²) < 4.78 is 15.4. The van der Waals surface area contributed by atoms with Crippen molar-refractivity contribution in [1.29, 1.82) is 0 Å². The topological polar surface area (TPSA) is 92.4 Å². The highest BCUT2D eigenvalue weighted by Gasteiger charge is 2.09. The van der Waals surface area contributed by atoms with Gasteiger partial charge in [0.15, 0.2) is 0 Å². The fraction of sp³-hybridized carbons (Fsp3) is 0.667. The molecule has 90 valence electrons. The van der Waals surface area contributed by atoms with Crippen molar-refractivity contribution < 1.29 is 14.2 Å². The van der Waals surface area contributed by atoms with E-state index >= 15 is 0 Å². The number of anilines is 1. The minimum Gasteiger partial charge on any atom is -0.467 e. The zero-order chi connectivity index (χ0) is 12.0. The van der Waals surface area contributed by atoms with Gasteiger partial charge < -0.3 is 19.9 Å². The molecule has 0 aromatic carbocycles. The quantitative estimate of drug-likeness (QED) is 0.746. The van der Waals surface area contributed by atoms with Crippen molar-refractivity contribution in [2.75, 3.05) is 26.1 Å². The summed E-state index contributed by atoms with van der Waals surface area (Å²) in [7, 11) is 1.45. The second-order valence-corrected chi connectivity index (χ2v) is 3.05. The molecule has 0 aliphatic rings. The van der Waals surface area contributed by atoms with Gasteiger partial charge in [-0.1, -0.05) is 0 Å². The smallest absolute Gasteiger partial charge is 0.324 e. The normalized spacial score (nSPS) is 12.2. The summed E-state index contributed by atoms with van der Waals surface area (Å²) in [5.41, 5.74) is 5.46. The lowest BCUT2D eigenvalue weighted by Crippen LogP contribution is -2.20. The predicted molar refractivity (Wildman–Crippen MR) is 57.4 cm³/mol. The van der Waals surface area contributed by atoms with E-state index in [4.69, 9.17) is 19.9 Å². The molecule has 2 N–H and O–H groups in total. The standard InChI is InChI=1S/C9H16N4O3/c1-4-15-5-6(2)16-9-12-7(10)11-8(13-9)14-3/h6H,4-5H2,1-3H3,(H2,10,11,12,13). The van der Waals surface area contributed by atoms with E-state index in [2.05, 4.69) is 15.0 Å². The zero-order valence-corrected chi connectivity index (χ0v) is 9.64. The van der Waals surface area contributed by atoms with Gasteiger partial charge in [0.05, 0.1) is 13.7 Å². The molecule has 1 aromatic rings. The number of methoxy groups -OCH3 is 1. The Morgan fingerprint density at radius 1 is 1.25 bits per heavy atom. The molecule has 0 amide bonds. The minimum atomic E-state index is -0.161. The SMILES string of the molecule is CCOCC(C)Oc1nc(N)nc(OC)n1. The molecule has 0 aliphatic heterocycles. The fourth-order valence-electron chi connectivity index (χ4n) is 0.995. The van der Waals surface area contributed by atoms with Crippen LogP contribution < -0.4 is 15.2 Å². The highest BCUT2D eigenvalue weighted by molar-refractivity contribution is 5.20. The van der Waals surface area contributed by atoms with E-state index in [1.807, 2.05) is 13.8 Å². The molecule has 0 aliphatic carbocycles. The van der Waals surface area contributed by atoms with Crippen molar-refractivity contribution in [2.45, 2.75) is 20.0 Å². The lowest BCUT2D eigenvalue weighted by atomic mass is 10.4. The lowest BCUT2D eigenvalue weighted by Gasteiger charge is -2.12. The van der Waals surface area contributed by atoms with E-state index < -0.39 is 0 Å². The molecule has 0 saturated heterocycles. The second kappa shape index (κ2) is 6.06. The third-order valence-electron chi connectivity index (χ3n) is 1.66. The first-order valence-electron chi connectivity index (χ1n) is 4.95. The van der Waals surface area contributed by atoms with Gasteiger partial charge in [-0.3, -0.25) is 0 Å². The molecule has 0 fully saturated rings. The third kappa shape index (κ3) is 3.85. The van der Waals surface area contributed by atoms with E-state index in [9.17, 15) is 0 Å². The van der Waals surface area contributed by atoms with Crippen LogP contribution in [0.2, 0.25) is 0 Å². The first-order chi connectivity index (χ1) is 7.65. The molecule has 1 heterocycles. The molecule has 0 bridgehead atoms. The van der Waals surface area contributed by atoms with Crippen LogP contribution in [0.5, 0.6) is 12.0 Å². The summed E-state index contributed by atoms with van der Waals surface area (Å²) in [5.74, 6) is 0.0606. The van der Waals surface area contributed by atoms with E-state index in [0.29, 0.717) is 13.2 Å². The van der Waals surface area contributed by atoms with Gasteiger partial charge in [-0.2, -0.15) is 9.97 Å². The van der Waals surface area contributed by atoms with Gasteiger partial charge in [-0.15, -0.1) is 4.98 Å². The average molecular weight is 228 g/mol. The van der Waals surface area contributed by atoms with Crippen LogP contribution >= 0.6 is 0 Å². The van der Waals surface area contributed by atoms with Crippen molar-refractivity contribution in [3.8, 4) is 12.0 Å². The largest absolute Gasteiger partial charge is 0.467 e. The van der Waals surface area contributed by atoms with Gasteiger partial charge in [0.1, 0.15) is 6.10 Å². The molecule has 1 aromatic heterocycles. The lowest BCUT2D eigenvalue weighted by molar-refractivity contribution is 0.0602. The minimum absolute atomic E-state index is 0.0606. The zero-order valence-electron chi connectivity index (χ0n) is 9.64. The summed E-state index contributed by atoms with van der Waals surface area (Å²) in [5, 5.41) is 0. The van der Waals surface area contributed by atoms with Crippen molar-refractivity contribution in [3.63, 3.8) is 0 Å². The number of rotatable bonds is 6. The van der Waals surface area contributed by atoms with Crippen LogP contribution in [-0.2, 0) is 4.74 Å². The molecule has 1 unspecified atom stereocenters. The van der Waals surface area contributed by atoms with Crippen molar-refractivity contribution in [3.05, 3.63) is 0 Å². The molecule has 7 nitrogen and oxygen atoms in total. The van der Waals surface area contributed by atoms with Crippen LogP contribution in [0.25, 0.3) is 0 Å². The van der Waals surface area contributed by atoms with Crippen LogP contribution in [0, 0.1) is 0 Å².